The maximum atomic E-state index is 12.1. The molecule has 6 heteroatoms. The van der Waals surface area contributed by atoms with Crippen molar-refractivity contribution >= 4 is 16.9 Å². The number of hydrogen-bond acceptors (Lipinski definition) is 4. The summed E-state index contributed by atoms with van der Waals surface area (Å²) in [6.45, 7) is 5.87. The lowest BCUT2D eigenvalue weighted by atomic mass is 10.1. The molecular formula is C14H18N4O2. The van der Waals surface area contributed by atoms with Crippen LogP contribution in [0.25, 0.3) is 11.0 Å². The van der Waals surface area contributed by atoms with E-state index in [-0.39, 0.29) is 12.0 Å². The van der Waals surface area contributed by atoms with Gasteiger partial charge in [0, 0.05) is 31.2 Å². The van der Waals surface area contributed by atoms with Crippen LogP contribution >= 0.6 is 0 Å². The van der Waals surface area contributed by atoms with Crippen LogP contribution in [0.4, 0.5) is 0 Å². The molecular weight excluding hydrogens is 256 g/mol. The summed E-state index contributed by atoms with van der Waals surface area (Å²) in [4.78, 5) is 18.1. The number of β-amino-alcohol motifs (C(OH)–C–C–N with tert-alkyl or cyclic N) is 1. The van der Waals surface area contributed by atoms with Crippen LogP contribution in [-0.4, -0.2) is 49.9 Å². The predicted octanol–water partition coefficient (Wildman–Crippen LogP) is 0.904. The van der Waals surface area contributed by atoms with Gasteiger partial charge in [-0.1, -0.05) is 13.8 Å². The highest BCUT2D eigenvalue weighted by Crippen LogP contribution is 2.18. The van der Waals surface area contributed by atoms with Crippen molar-refractivity contribution in [1.82, 2.24) is 19.7 Å². The monoisotopic (exact) mass is 274 g/mol. The first kappa shape index (κ1) is 13.1. The quantitative estimate of drug-likeness (QED) is 0.903. The number of rotatable bonds is 3. The summed E-state index contributed by atoms with van der Waals surface area (Å²) in [6.07, 6.45) is 2.95. The number of fused-ring (bicyclic) bond motifs is 1. The summed E-state index contributed by atoms with van der Waals surface area (Å²) in [5.41, 5.74) is 1.35. The first-order chi connectivity index (χ1) is 9.54. The highest BCUT2D eigenvalue weighted by atomic mass is 16.3. The van der Waals surface area contributed by atoms with Crippen LogP contribution in [0.5, 0.6) is 0 Å². The molecule has 3 heterocycles. The van der Waals surface area contributed by atoms with Crippen molar-refractivity contribution in [3.05, 3.63) is 24.0 Å². The van der Waals surface area contributed by atoms with Crippen LogP contribution < -0.4 is 0 Å². The topological polar surface area (TPSA) is 71.2 Å². The smallest absolute Gasteiger partial charge is 0.255 e. The Bertz CT molecular complexity index is 644. The van der Waals surface area contributed by atoms with E-state index < -0.39 is 0 Å². The molecule has 0 atom stereocenters. The molecule has 1 amide bonds. The van der Waals surface area contributed by atoms with Crippen LogP contribution in [0.2, 0.25) is 0 Å². The largest absolute Gasteiger partial charge is 0.389 e. The van der Waals surface area contributed by atoms with Gasteiger partial charge < -0.3 is 10.0 Å². The van der Waals surface area contributed by atoms with Crippen molar-refractivity contribution in [2.24, 2.45) is 5.92 Å². The molecule has 0 aromatic carbocycles. The third kappa shape index (κ3) is 2.27. The van der Waals surface area contributed by atoms with E-state index in [1.165, 1.54) is 0 Å². The zero-order chi connectivity index (χ0) is 14.3. The molecule has 0 unspecified atom stereocenters. The summed E-state index contributed by atoms with van der Waals surface area (Å²) >= 11 is 0. The fourth-order valence-electron chi connectivity index (χ4n) is 2.37. The van der Waals surface area contributed by atoms with Crippen molar-refractivity contribution in [1.29, 1.82) is 0 Å². The van der Waals surface area contributed by atoms with Crippen LogP contribution in [0.15, 0.2) is 18.5 Å². The number of carbonyl (C=O) groups is 1. The average Bonchev–Trinajstić information content (AvgIpc) is 2.76. The number of amides is 1. The maximum Gasteiger partial charge on any atom is 0.255 e. The molecule has 0 bridgehead atoms. The van der Waals surface area contributed by atoms with Gasteiger partial charge >= 0.3 is 0 Å². The van der Waals surface area contributed by atoms with E-state index in [0.29, 0.717) is 24.6 Å². The normalized spacial score (nSPS) is 15.9. The standard InChI is InChI=1S/C14H18N4O2/c1-9(2)6-18-13-10(5-16-18)3-11(4-15-13)14(20)17-7-12(19)8-17/h3-5,9,12,19H,6-8H2,1-2H3. The van der Waals surface area contributed by atoms with E-state index in [1.807, 2.05) is 10.7 Å². The Balaban J connectivity index is 1.86. The van der Waals surface area contributed by atoms with Gasteiger partial charge in [0.05, 0.1) is 17.9 Å². The Morgan fingerprint density at radius 3 is 2.85 bits per heavy atom. The van der Waals surface area contributed by atoms with Gasteiger partial charge in [-0.2, -0.15) is 5.10 Å². The molecule has 0 saturated carbocycles. The zero-order valence-electron chi connectivity index (χ0n) is 11.7. The molecule has 20 heavy (non-hydrogen) atoms. The maximum absolute atomic E-state index is 12.1. The van der Waals surface area contributed by atoms with Gasteiger partial charge in [-0.15, -0.1) is 0 Å². The first-order valence-electron chi connectivity index (χ1n) is 6.83. The molecule has 1 aliphatic rings. The summed E-state index contributed by atoms with van der Waals surface area (Å²) in [5.74, 6) is 0.407. The average molecular weight is 274 g/mol. The van der Waals surface area contributed by atoms with Gasteiger partial charge in [0.1, 0.15) is 0 Å². The highest BCUT2D eigenvalue weighted by molar-refractivity contribution is 5.97. The Kier molecular flexibility index (Phi) is 3.17. The van der Waals surface area contributed by atoms with Gasteiger partial charge in [0.25, 0.3) is 5.91 Å². The molecule has 106 valence electrons. The molecule has 3 rings (SSSR count). The van der Waals surface area contributed by atoms with Gasteiger partial charge in [-0.3, -0.25) is 4.79 Å². The van der Waals surface area contributed by atoms with Gasteiger partial charge in [-0.25, -0.2) is 9.67 Å². The predicted molar refractivity (Wildman–Crippen MR) is 74.3 cm³/mol. The number of hydrogen-bond donors (Lipinski definition) is 1. The molecule has 0 aliphatic carbocycles. The SMILES string of the molecule is CC(C)Cn1ncc2cc(C(=O)N3CC(O)C3)cnc21. The van der Waals surface area contributed by atoms with E-state index >= 15 is 0 Å². The fourth-order valence-corrected chi connectivity index (χ4v) is 2.37. The Labute approximate surface area is 117 Å². The van der Waals surface area contributed by atoms with Crippen molar-refractivity contribution in [3.63, 3.8) is 0 Å². The van der Waals surface area contributed by atoms with Crippen LogP contribution in [0.1, 0.15) is 24.2 Å². The first-order valence-corrected chi connectivity index (χ1v) is 6.83. The van der Waals surface area contributed by atoms with Gasteiger partial charge in [-0.05, 0) is 12.0 Å². The minimum Gasteiger partial charge on any atom is -0.389 e. The van der Waals surface area contributed by atoms with E-state index in [9.17, 15) is 9.90 Å². The van der Waals surface area contributed by atoms with E-state index in [0.717, 1.165) is 17.6 Å². The molecule has 1 saturated heterocycles. The van der Waals surface area contributed by atoms with Crippen LogP contribution in [-0.2, 0) is 6.54 Å². The van der Waals surface area contributed by atoms with E-state index in [4.69, 9.17) is 0 Å². The van der Waals surface area contributed by atoms with Gasteiger partial charge in [0.15, 0.2) is 5.65 Å². The van der Waals surface area contributed by atoms with Crippen molar-refractivity contribution in [2.45, 2.75) is 26.5 Å². The number of nitrogens with zero attached hydrogens (tertiary/aromatic N) is 4. The molecule has 1 N–H and O–H groups in total. The van der Waals surface area contributed by atoms with Crippen LogP contribution in [0.3, 0.4) is 0 Å². The third-order valence-electron chi connectivity index (χ3n) is 3.41. The fraction of sp³-hybridized carbons (Fsp3) is 0.500. The lowest BCUT2D eigenvalue weighted by Crippen LogP contribution is -2.53. The second-order valence-corrected chi connectivity index (χ2v) is 5.72. The summed E-state index contributed by atoms with van der Waals surface area (Å²) in [6, 6.07) is 1.82. The molecule has 2 aromatic rings. The molecule has 6 nitrogen and oxygen atoms in total. The third-order valence-corrected chi connectivity index (χ3v) is 3.41. The lowest BCUT2D eigenvalue weighted by Gasteiger charge is -2.35. The number of aromatic nitrogens is 3. The summed E-state index contributed by atoms with van der Waals surface area (Å²) in [5, 5.41) is 14.4. The van der Waals surface area contributed by atoms with Crippen molar-refractivity contribution in [3.8, 4) is 0 Å². The number of aliphatic hydroxyl groups excluding tert-OH is 1. The van der Waals surface area contributed by atoms with E-state index in [2.05, 4.69) is 23.9 Å². The minimum absolute atomic E-state index is 0.0821. The molecule has 1 fully saturated rings. The zero-order valence-corrected chi connectivity index (χ0v) is 11.7. The Hall–Kier alpha value is -1.95. The lowest BCUT2D eigenvalue weighted by molar-refractivity contribution is 0.00588. The Morgan fingerprint density at radius 1 is 1.45 bits per heavy atom. The summed E-state index contributed by atoms with van der Waals surface area (Å²) in [7, 11) is 0. The number of carbonyl (C=O) groups excluding carboxylic acids is 1. The summed E-state index contributed by atoms with van der Waals surface area (Å²) < 4.78 is 1.86. The van der Waals surface area contributed by atoms with E-state index in [1.54, 1.807) is 17.3 Å². The Morgan fingerprint density at radius 2 is 2.20 bits per heavy atom. The number of aliphatic hydroxyl groups is 1. The second-order valence-electron chi connectivity index (χ2n) is 5.72. The van der Waals surface area contributed by atoms with Crippen LogP contribution in [0, 0.1) is 5.92 Å². The second kappa shape index (κ2) is 4.86. The van der Waals surface area contributed by atoms with Gasteiger partial charge in [0.2, 0.25) is 0 Å². The van der Waals surface area contributed by atoms with Crippen molar-refractivity contribution < 1.29 is 9.90 Å². The highest BCUT2D eigenvalue weighted by Gasteiger charge is 2.29. The molecule has 2 aromatic heterocycles. The van der Waals surface area contributed by atoms with Crippen molar-refractivity contribution in [2.75, 3.05) is 13.1 Å². The number of pyridine rings is 1. The molecule has 1 aliphatic heterocycles. The molecule has 0 spiro atoms. The minimum atomic E-state index is -0.385. The molecule has 0 radical (unpaired) electrons. The number of likely N-dealkylation sites (tertiary alicyclic amines) is 1.